The summed E-state index contributed by atoms with van der Waals surface area (Å²) in [5, 5.41) is 10.6. The highest BCUT2D eigenvalue weighted by molar-refractivity contribution is 9.10. The number of nitrogens with one attached hydrogen (secondary N) is 2. The molecule has 1 aliphatic rings. The molecule has 13 nitrogen and oxygen atoms in total. The molecular formula is C21H25BrClN4O9P. The van der Waals surface area contributed by atoms with E-state index in [4.69, 9.17) is 30.3 Å². The van der Waals surface area contributed by atoms with Crippen molar-refractivity contribution in [3.8, 4) is 11.5 Å². The predicted molar refractivity (Wildman–Crippen MR) is 134 cm³/mol. The van der Waals surface area contributed by atoms with Crippen LogP contribution in [0.15, 0.2) is 51.0 Å². The number of alkyl halides is 2. The standard InChI is InChI=1S/C21H25BrClN4O9P/c1-3-33-18(30)12(2)10-24-26-37(32)36-14-6-4-13(5-7-14)34-11-15-17(29)21(22,23)19(35-15)27-9-8-16(28)25-20(27)31/h4-9,12,15,17,19,24,29H,3,10-11H2,1-2H3,(H,25,28,31)/t12-,15+,17+,19+,21-/m0/s1. The lowest BCUT2D eigenvalue weighted by Gasteiger charge is -2.24. The molecule has 0 aliphatic carbocycles. The zero-order valence-electron chi connectivity index (χ0n) is 19.7. The maximum absolute atomic E-state index is 12.1. The summed E-state index contributed by atoms with van der Waals surface area (Å²) in [4.78, 5) is 52.8. The lowest BCUT2D eigenvalue weighted by Crippen LogP contribution is -2.41. The quantitative estimate of drug-likeness (QED) is 0.142. The first-order valence-electron chi connectivity index (χ1n) is 11.0. The van der Waals surface area contributed by atoms with Crippen molar-refractivity contribution in [3.63, 3.8) is 0 Å². The summed E-state index contributed by atoms with van der Waals surface area (Å²) in [5.74, 6) is -0.211. The molecular weight excluding hydrogens is 599 g/mol. The van der Waals surface area contributed by atoms with Gasteiger partial charge in [0.25, 0.3) is 5.56 Å². The van der Waals surface area contributed by atoms with Crippen LogP contribution in [0.4, 0.5) is 0 Å². The number of esters is 1. The number of carbonyl (C=O) groups is 1. The number of aliphatic hydroxyl groups is 1. The molecule has 0 spiro atoms. The van der Waals surface area contributed by atoms with E-state index in [0.717, 1.165) is 10.6 Å². The van der Waals surface area contributed by atoms with Gasteiger partial charge < -0.3 is 24.2 Å². The third-order valence-electron chi connectivity index (χ3n) is 5.14. The van der Waals surface area contributed by atoms with Gasteiger partial charge in [0, 0.05) is 23.7 Å². The maximum Gasteiger partial charge on any atom is 0.412 e. The van der Waals surface area contributed by atoms with Gasteiger partial charge in [0.15, 0.2) is 15.8 Å². The van der Waals surface area contributed by atoms with Crippen molar-refractivity contribution in [1.82, 2.24) is 15.0 Å². The van der Waals surface area contributed by atoms with Crippen LogP contribution in [0.2, 0.25) is 0 Å². The summed E-state index contributed by atoms with van der Waals surface area (Å²) >= 11 is 9.62. The number of hydrogen-bond acceptors (Lipinski definition) is 10. The zero-order valence-corrected chi connectivity index (χ0v) is 22.9. The van der Waals surface area contributed by atoms with Crippen molar-refractivity contribution in [2.75, 3.05) is 19.8 Å². The maximum atomic E-state index is 12.1. The van der Waals surface area contributed by atoms with Crippen LogP contribution < -0.4 is 30.8 Å². The van der Waals surface area contributed by atoms with E-state index >= 15 is 0 Å². The Morgan fingerprint density at radius 2 is 2.05 bits per heavy atom. The van der Waals surface area contributed by atoms with Gasteiger partial charge in [0.1, 0.15) is 24.6 Å². The average Bonchev–Trinajstić information content (AvgIpc) is 3.07. The number of nitrogens with zero attached hydrogens (tertiary/aromatic N) is 2. The van der Waals surface area contributed by atoms with Gasteiger partial charge in [-0.25, -0.2) is 4.79 Å². The summed E-state index contributed by atoms with van der Waals surface area (Å²) in [7, 11) is -2.44. The molecule has 1 unspecified atom stereocenters. The molecule has 0 bridgehead atoms. The third kappa shape index (κ3) is 7.60. The highest BCUT2D eigenvalue weighted by atomic mass is 79.9. The van der Waals surface area contributed by atoms with E-state index in [1.807, 2.05) is 0 Å². The minimum atomic E-state index is -2.44. The number of H-pyrrole nitrogens is 1. The largest absolute Gasteiger partial charge is 0.574 e. The first-order chi connectivity index (χ1) is 17.5. The summed E-state index contributed by atoms with van der Waals surface area (Å²) in [6.45, 7) is 3.65. The molecule has 1 aliphatic heterocycles. The molecule has 37 heavy (non-hydrogen) atoms. The first-order valence-corrected chi connectivity index (χ1v) is 13.3. The van der Waals surface area contributed by atoms with Gasteiger partial charge in [-0.3, -0.25) is 23.7 Å². The van der Waals surface area contributed by atoms with Crippen LogP contribution in [0, 0.1) is 5.92 Å². The molecule has 1 saturated heterocycles. The summed E-state index contributed by atoms with van der Waals surface area (Å²) in [5.41, 5.74) is 1.21. The van der Waals surface area contributed by atoms with E-state index in [1.165, 1.54) is 18.3 Å². The number of hydrogen-bond donors (Lipinski definition) is 3. The number of benzene rings is 1. The van der Waals surface area contributed by atoms with Crippen molar-refractivity contribution < 1.29 is 33.5 Å². The molecule has 16 heteroatoms. The molecule has 202 valence electrons. The molecule has 6 atom stereocenters. The first kappa shape index (κ1) is 29.2. The Morgan fingerprint density at radius 3 is 2.70 bits per heavy atom. The van der Waals surface area contributed by atoms with Crippen molar-refractivity contribution in [1.29, 1.82) is 0 Å². The highest BCUT2D eigenvalue weighted by Gasteiger charge is 2.55. The SMILES string of the molecule is CCOC(=O)[C@@H](C)CN/N=[P+](\[O-])Oc1ccc(OC[C@H]2O[C@@H](n3ccc(=O)[nH]c3=O)[C@](Cl)(Br)[C@@H]2O)cc1. The fourth-order valence-electron chi connectivity index (χ4n) is 3.21. The lowest BCUT2D eigenvalue weighted by molar-refractivity contribution is -0.169. The average molecular weight is 624 g/mol. The second-order valence-corrected chi connectivity index (χ2v) is 11.1. The lowest BCUT2D eigenvalue weighted by atomic mass is 10.2. The van der Waals surface area contributed by atoms with E-state index in [-0.39, 0.29) is 31.5 Å². The highest BCUT2D eigenvalue weighted by Crippen LogP contribution is 2.47. The number of ether oxygens (including phenoxy) is 3. The van der Waals surface area contributed by atoms with E-state index < -0.39 is 47.6 Å². The predicted octanol–water partition coefficient (Wildman–Crippen LogP) is 1.14. The van der Waals surface area contributed by atoms with Gasteiger partial charge in [0.05, 0.1) is 12.5 Å². The Morgan fingerprint density at radius 1 is 1.38 bits per heavy atom. The van der Waals surface area contributed by atoms with Gasteiger partial charge in [-0.05, 0) is 31.2 Å². The van der Waals surface area contributed by atoms with Gasteiger partial charge in [-0.2, -0.15) is 5.43 Å². The summed E-state index contributed by atoms with van der Waals surface area (Å²) < 4.78 is 21.0. The van der Waals surface area contributed by atoms with Crippen molar-refractivity contribution in [2.45, 2.75) is 36.1 Å². The molecule has 2 heterocycles. The molecule has 1 aromatic heterocycles. The number of aliphatic hydroxyl groups excluding tert-OH is 1. The number of carbonyl (C=O) groups excluding carboxylic acids is 1. The smallest absolute Gasteiger partial charge is 0.412 e. The van der Waals surface area contributed by atoms with Crippen LogP contribution in [-0.4, -0.2) is 56.4 Å². The minimum Gasteiger partial charge on any atom is -0.574 e. The van der Waals surface area contributed by atoms with Crippen LogP contribution in [0.3, 0.4) is 0 Å². The van der Waals surface area contributed by atoms with Crippen LogP contribution in [0.1, 0.15) is 20.1 Å². The minimum absolute atomic E-state index is 0.123. The molecule has 0 saturated carbocycles. The third-order valence-corrected chi connectivity index (χ3v) is 7.09. The molecule has 1 aromatic carbocycles. The zero-order chi connectivity index (χ0) is 27.2. The Balaban J connectivity index is 1.53. The summed E-state index contributed by atoms with van der Waals surface area (Å²) in [6.07, 6.45) is -2.11. The number of aromatic nitrogens is 2. The van der Waals surface area contributed by atoms with E-state index in [0.29, 0.717) is 5.75 Å². The Kier molecular flexibility index (Phi) is 10.2. The van der Waals surface area contributed by atoms with Crippen LogP contribution in [0.5, 0.6) is 11.5 Å². The van der Waals surface area contributed by atoms with Gasteiger partial charge in [-0.15, -0.1) is 0 Å². The Hall–Kier alpha value is -2.32. The number of halogens is 2. The normalized spacial score (nSPS) is 24.5. The van der Waals surface area contributed by atoms with E-state index in [9.17, 15) is 24.4 Å². The molecule has 3 N–H and O–H groups in total. The topological polar surface area (TPSA) is 177 Å². The Bertz CT molecular complexity index is 1220. The van der Waals surface area contributed by atoms with Crippen LogP contribution >= 0.6 is 35.7 Å². The fraction of sp³-hybridized carbons (Fsp3) is 0.476. The Labute approximate surface area is 225 Å². The van der Waals surface area contributed by atoms with E-state index in [1.54, 1.807) is 26.0 Å². The van der Waals surface area contributed by atoms with Gasteiger partial charge >= 0.3 is 19.8 Å². The molecule has 1 fully saturated rings. The number of rotatable bonds is 11. The van der Waals surface area contributed by atoms with Crippen molar-refractivity contribution in [3.05, 3.63) is 57.4 Å². The summed E-state index contributed by atoms with van der Waals surface area (Å²) in [6, 6.07) is 7.23. The molecule has 3 rings (SSSR count). The second-order valence-electron chi connectivity index (χ2n) is 7.89. The van der Waals surface area contributed by atoms with Crippen LogP contribution in [-0.2, 0) is 14.3 Å². The molecule has 0 amide bonds. The van der Waals surface area contributed by atoms with E-state index in [2.05, 4.69) is 31.2 Å². The second kappa shape index (κ2) is 13.0. The van der Waals surface area contributed by atoms with Crippen molar-refractivity contribution >= 4 is 41.7 Å². The molecule has 2 aromatic rings. The monoisotopic (exact) mass is 622 g/mol. The molecule has 0 radical (unpaired) electrons. The number of aromatic amines is 1. The fourth-order valence-corrected chi connectivity index (χ4v) is 4.67. The van der Waals surface area contributed by atoms with Gasteiger partial charge in [-0.1, -0.05) is 34.5 Å². The van der Waals surface area contributed by atoms with Crippen LogP contribution in [0.25, 0.3) is 0 Å². The van der Waals surface area contributed by atoms with Crippen molar-refractivity contribution in [2.24, 2.45) is 10.8 Å². The van der Waals surface area contributed by atoms with Gasteiger partial charge in [0.2, 0.25) is 0 Å².